The Morgan fingerprint density at radius 2 is 2.15 bits per heavy atom. The van der Waals surface area contributed by atoms with E-state index in [1.807, 2.05) is 6.08 Å². The molecule has 0 unspecified atom stereocenters. The second kappa shape index (κ2) is 9.82. The minimum absolute atomic E-state index is 0.0843. The Kier molecular flexibility index (Phi) is 8.04. The number of nitrogens with zero attached hydrogens (tertiary/aromatic N) is 3. The van der Waals surface area contributed by atoms with Crippen molar-refractivity contribution in [3.05, 3.63) is 51.3 Å². The fraction of sp³-hybridized carbons (Fsp3) is 0.474. The summed E-state index contributed by atoms with van der Waals surface area (Å²) in [6.07, 6.45) is 8.86. The number of aromatic nitrogens is 2. The Labute approximate surface area is 174 Å². The summed E-state index contributed by atoms with van der Waals surface area (Å²) in [7, 11) is 1.76. The topological polar surface area (TPSA) is 64.2 Å². The van der Waals surface area contributed by atoms with E-state index in [0.717, 1.165) is 30.8 Å². The number of allylic oxidation sites excluding steroid dienone is 5. The van der Waals surface area contributed by atoms with Gasteiger partial charge in [-0.25, -0.2) is 4.98 Å². The second-order valence-corrected chi connectivity index (χ2v) is 8.88. The zero-order valence-electron chi connectivity index (χ0n) is 15.8. The lowest BCUT2D eigenvalue weighted by Gasteiger charge is -2.39. The molecule has 5 nitrogen and oxygen atoms in total. The Morgan fingerprint density at radius 1 is 1.48 bits per heavy atom. The van der Waals surface area contributed by atoms with Crippen molar-refractivity contribution in [2.24, 2.45) is 18.2 Å². The van der Waals surface area contributed by atoms with Crippen LogP contribution in [0.1, 0.15) is 19.8 Å². The number of piperidine rings is 1. The minimum Gasteiger partial charge on any atom is -0.342 e. The first-order valence-electron chi connectivity index (χ1n) is 8.76. The minimum atomic E-state index is -0.0843. The SMILES string of the molecule is C=C(Cl)/C=C\C=C(/CCl)Sc1cnc(N2CCC(C)(CN)CC2)n(C)c1=O. The van der Waals surface area contributed by atoms with E-state index in [9.17, 15) is 4.79 Å². The summed E-state index contributed by atoms with van der Waals surface area (Å²) in [5.74, 6) is 0.983. The Balaban J connectivity index is 2.17. The average Bonchev–Trinajstić information content (AvgIpc) is 2.65. The number of alkyl halides is 1. The van der Waals surface area contributed by atoms with Crippen LogP contribution in [0.25, 0.3) is 0 Å². The first-order valence-corrected chi connectivity index (χ1v) is 10.5. The van der Waals surface area contributed by atoms with Crippen LogP contribution in [-0.4, -0.2) is 35.1 Å². The second-order valence-electron chi connectivity index (χ2n) is 6.96. The Hall–Kier alpha value is -1.21. The molecule has 0 radical (unpaired) electrons. The summed E-state index contributed by atoms with van der Waals surface area (Å²) < 4.78 is 1.61. The van der Waals surface area contributed by atoms with Gasteiger partial charge in [0.15, 0.2) is 0 Å². The molecule has 1 aromatic rings. The van der Waals surface area contributed by atoms with E-state index in [2.05, 4.69) is 23.4 Å². The van der Waals surface area contributed by atoms with Gasteiger partial charge in [-0.05, 0) is 30.9 Å². The summed E-state index contributed by atoms with van der Waals surface area (Å²) in [5.41, 5.74) is 5.97. The zero-order valence-corrected chi connectivity index (χ0v) is 18.1. The molecule has 0 amide bonds. The molecule has 2 N–H and O–H groups in total. The molecule has 1 aliphatic heterocycles. The van der Waals surface area contributed by atoms with Crippen molar-refractivity contribution in [2.45, 2.75) is 24.7 Å². The summed E-state index contributed by atoms with van der Waals surface area (Å²) >= 11 is 13.0. The molecule has 2 heterocycles. The third-order valence-electron chi connectivity index (χ3n) is 4.79. The van der Waals surface area contributed by atoms with Gasteiger partial charge in [-0.15, -0.1) is 11.6 Å². The number of hydrogen-bond acceptors (Lipinski definition) is 5. The average molecular weight is 429 g/mol. The highest BCUT2D eigenvalue weighted by Crippen LogP contribution is 2.31. The van der Waals surface area contributed by atoms with Crippen molar-refractivity contribution >= 4 is 40.9 Å². The number of thioether (sulfide) groups is 1. The Morgan fingerprint density at radius 3 is 2.70 bits per heavy atom. The molecule has 1 saturated heterocycles. The molecule has 0 aromatic carbocycles. The normalized spacial score (nSPS) is 17.5. The van der Waals surface area contributed by atoms with Gasteiger partial charge in [-0.2, -0.15) is 0 Å². The van der Waals surface area contributed by atoms with E-state index < -0.39 is 0 Å². The van der Waals surface area contributed by atoms with Crippen LogP contribution in [0.15, 0.2) is 50.6 Å². The maximum Gasteiger partial charge on any atom is 0.268 e. The molecule has 0 spiro atoms. The summed E-state index contributed by atoms with van der Waals surface area (Å²) in [5, 5.41) is 0.430. The van der Waals surface area contributed by atoms with Crippen molar-refractivity contribution in [3.63, 3.8) is 0 Å². The molecule has 1 aromatic heterocycles. The van der Waals surface area contributed by atoms with E-state index in [1.54, 1.807) is 30.0 Å². The largest absolute Gasteiger partial charge is 0.342 e. The zero-order chi connectivity index (χ0) is 20.0. The number of halogens is 2. The standard InChI is InChI=1S/C19H26Cl2N4OS/c1-14(21)5-4-6-15(11-20)27-16-12-23-18(24(3)17(16)26)25-9-7-19(2,13-22)8-10-25/h4-6,12H,1,7-11,13,22H2,2-3H3/b5-4-,15-6+. The lowest BCUT2D eigenvalue weighted by atomic mass is 9.81. The van der Waals surface area contributed by atoms with Crippen LogP contribution in [0.4, 0.5) is 5.95 Å². The van der Waals surface area contributed by atoms with Crippen molar-refractivity contribution in [3.8, 4) is 0 Å². The maximum atomic E-state index is 12.8. The van der Waals surface area contributed by atoms with Gasteiger partial charge in [-0.1, -0.05) is 49.0 Å². The van der Waals surface area contributed by atoms with E-state index in [1.165, 1.54) is 11.8 Å². The van der Waals surface area contributed by atoms with Crippen LogP contribution < -0.4 is 16.2 Å². The van der Waals surface area contributed by atoms with Gasteiger partial charge in [0.1, 0.15) is 0 Å². The van der Waals surface area contributed by atoms with E-state index in [4.69, 9.17) is 28.9 Å². The number of anilines is 1. The van der Waals surface area contributed by atoms with Crippen LogP contribution in [0.3, 0.4) is 0 Å². The van der Waals surface area contributed by atoms with E-state index >= 15 is 0 Å². The van der Waals surface area contributed by atoms with Crippen molar-refractivity contribution in [1.82, 2.24) is 9.55 Å². The molecule has 8 heteroatoms. The third kappa shape index (κ3) is 5.88. The van der Waals surface area contributed by atoms with Gasteiger partial charge < -0.3 is 10.6 Å². The highest BCUT2D eigenvalue weighted by Gasteiger charge is 2.30. The van der Waals surface area contributed by atoms with Crippen LogP contribution >= 0.6 is 35.0 Å². The van der Waals surface area contributed by atoms with E-state index in [0.29, 0.717) is 28.3 Å². The van der Waals surface area contributed by atoms with Gasteiger partial charge in [0.25, 0.3) is 5.56 Å². The van der Waals surface area contributed by atoms with Gasteiger partial charge >= 0.3 is 0 Å². The van der Waals surface area contributed by atoms with Gasteiger partial charge in [0.2, 0.25) is 5.95 Å². The Bertz CT molecular complexity index is 795. The van der Waals surface area contributed by atoms with Gasteiger partial charge in [-0.3, -0.25) is 9.36 Å². The first-order chi connectivity index (χ1) is 12.8. The highest BCUT2D eigenvalue weighted by atomic mass is 35.5. The lowest BCUT2D eigenvalue weighted by molar-refractivity contribution is 0.256. The summed E-state index contributed by atoms with van der Waals surface area (Å²) in [6.45, 7) is 8.18. The van der Waals surface area contributed by atoms with Crippen molar-refractivity contribution in [2.75, 3.05) is 30.4 Å². The van der Waals surface area contributed by atoms with Crippen molar-refractivity contribution in [1.29, 1.82) is 0 Å². The quantitative estimate of drug-likeness (QED) is 0.405. The monoisotopic (exact) mass is 428 g/mol. The van der Waals surface area contributed by atoms with Gasteiger partial charge in [0.05, 0.1) is 17.0 Å². The fourth-order valence-corrected chi connectivity index (χ4v) is 3.97. The van der Waals surface area contributed by atoms with E-state index in [-0.39, 0.29) is 11.0 Å². The van der Waals surface area contributed by atoms with Crippen LogP contribution in [-0.2, 0) is 7.05 Å². The molecule has 0 aliphatic carbocycles. The molecule has 148 valence electrons. The highest BCUT2D eigenvalue weighted by molar-refractivity contribution is 8.03. The molecular weight excluding hydrogens is 403 g/mol. The molecule has 0 bridgehead atoms. The molecular formula is C19H26Cl2N4OS. The molecule has 0 saturated carbocycles. The molecule has 0 atom stereocenters. The number of hydrogen-bond donors (Lipinski definition) is 1. The summed E-state index contributed by atoms with van der Waals surface area (Å²) in [6, 6.07) is 0. The smallest absolute Gasteiger partial charge is 0.268 e. The molecule has 2 rings (SSSR count). The molecule has 1 fully saturated rings. The third-order valence-corrected chi connectivity index (χ3v) is 6.41. The molecule has 1 aliphatic rings. The predicted molar refractivity (Wildman–Crippen MR) is 117 cm³/mol. The van der Waals surface area contributed by atoms with Crippen LogP contribution in [0.2, 0.25) is 0 Å². The molecule has 27 heavy (non-hydrogen) atoms. The van der Waals surface area contributed by atoms with Crippen LogP contribution in [0.5, 0.6) is 0 Å². The number of nitrogens with two attached hydrogens (primary N) is 1. The summed E-state index contributed by atoms with van der Waals surface area (Å²) in [4.78, 5) is 20.8. The maximum absolute atomic E-state index is 12.8. The van der Waals surface area contributed by atoms with Gasteiger partial charge in [0, 0.05) is 30.1 Å². The predicted octanol–water partition coefficient (Wildman–Crippen LogP) is 3.87. The fourth-order valence-electron chi connectivity index (χ4n) is 2.84. The van der Waals surface area contributed by atoms with Crippen LogP contribution in [0, 0.1) is 5.41 Å². The van der Waals surface area contributed by atoms with Crippen molar-refractivity contribution < 1.29 is 0 Å². The first kappa shape index (κ1) is 22.1. The lowest BCUT2D eigenvalue weighted by Crippen LogP contribution is -2.44. The number of rotatable bonds is 7.